The molecule has 2 aromatic carbocycles. The number of aliphatic carboxylic acids is 1. The molecule has 0 radical (unpaired) electrons. The van der Waals surface area contributed by atoms with E-state index in [-0.39, 0.29) is 31.7 Å². The van der Waals surface area contributed by atoms with Crippen molar-refractivity contribution in [2.45, 2.75) is 63.1 Å². The van der Waals surface area contributed by atoms with Gasteiger partial charge in [0.2, 0.25) is 0 Å². The number of halogens is 2. The fourth-order valence-corrected chi connectivity index (χ4v) is 5.22. The highest BCUT2D eigenvalue weighted by Gasteiger charge is 2.20. The molecule has 2 heterocycles. The number of para-hydroxylation sites is 1. The molecule has 0 atom stereocenters. The summed E-state index contributed by atoms with van der Waals surface area (Å²) in [7, 11) is 0. The lowest BCUT2D eigenvalue weighted by Gasteiger charge is -2.21. The molecule has 2 N–H and O–H groups in total. The van der Waals surface area contributed by atoms with Crippen molar-refractivity contribution >= 4 is 56.9 Å². The molecule has 0 unspecified atom stereocenters. The normalized spacial score (nSPS) is 11.4. The number of thioether (sulfide) groups is 1. The third-order valence-corrected chi connectivity index (χ3v) is 8.44. The van der Waals surface area contributed by atoms with Crippen LogP contribution >= 0.6 is 39.3 Å². The zero-order valence-corrected chi connectivity index (χ0v) is 28.2. The highest BCUT2D eigenvalue weighted by atomic mass is 79.9. The smallest absolute Gasteiger partial charge is 0.394 e. The fraction of sp³-hybridized carbons (Fsp3) is 0.290. The van der Waals surface area contributed by atoms with Crippen LogP contribution in [0.4, 0.5) is 5.69 Å². The molecule has 4 aromatic rings. The van der Waals surface area contributed by atoms with Crippen LogP contribution in [0.25, 0.3) is 5.69 Å². The van der Waals surface area contributed by atoms with Crippen molar-refractivity contribution in [3.8, 4) is 5.69 Å². The molecular formula is C31H33BrClN5O5S. The Morgan fingerprint density at radius 2 is 1.55 bits per heavy atom. The van der Waals surface area contributed by atoms with E-state index in [0.29, 0.717) is 5.69 Å². The van der Waals surface area contributed by atoms with Crippen molar-refractivity contribution in [2.75, 3.05) is 5.32 Å². The number of carboxylic acid groups (broad SMARTS) is 1. The molecule has 1 amide bonds. The van der Waals surface area contributed by atoms with Gasteiger partial charge in [-0.05, 0) is 65.4 Å². The first kappa shape index (κ1) is 34.7. The number of carbonyl (C=O) groups excluding carboxylic acids is 1. The Balaban J connectivity index is 0.000000244. The van der Waals surface area contributed by atoms with E-state index in [1.165, 1.54) is 33.8 Å². The summed E-state index contributed by atoms with van der Waals surface area (Å²) < 4.78 is 2.57. The van der Waals surface area contributed by atoms with Gasteiger partial charge in [0.05, 0.1) is 34.2 Å². The van der Waals surface area contributed by atoms with Crippen LogP contribution in [0, 0.1) is 0 Å². The fourth-order valence-electron chi connectivity index (χ4n) is 3.71. The average Bonchev–Trinajstić information content (AvgIpc) is 2.96. The van der Waals surface area contributed by atoms with Crippen molar-refractivity contribution in [3.05, 3.63) is 108 Å². The van der Waals surface area contributed by atoms with Crippen LogP contribution in [0.5, 0.6) is 0 Å². The molecule has 0 spiro atoms. The van der Waals surface area contributed by atoms with Gasteiger partial charge in [-0.15, -0.1) is 11.8 Å². The molecule has 2 aromatic heterocycles. The molecule has 0 saturated carbocycles. The average molecular weight is 703 g/mol. The topological polar surface area (TPSA) is 136 Å². The standard InChI is InChI=1S/C19H25ClN2OS.C12H8BrN3O4/c1-18(2,3)14-9-7-13(8-10-14)12-24-15-11-21-22(19(4,5)6)17(23)16(15)20;13-9-8(15-10(17)12(19)20)6-14-16(11(9)18)7-4-2-1-3-5-7/h7-11H,12H2,1-6H3;1-6H,(H,15,17)(H,19,20). The first-order valence-electron chi connectivity index (χ1n) is 13.4. The van der Waals surface area contributed by atoms with Crippen LogP contribution in [-0.2, 0) is 26.3 Å². The molecule has 0 aliphatic heterocycles. The Bertz CT molecular complexity index is 1760. The third-order valence-electron chi connectivity index (χ3n) is 6.10. The summed E-state index contributed by atoms with van der Waals surface area (Å²) >= 11 is 10.8. The second-order valence-electron chi connectivity index (χ2n) is 11.6. The van der Waals surface area contributed by atoms with E-state index in [4.69, 9.17) is 16.7 Å². The number of nitrogens with one attached hydrogen (secondary N) is 1. The van der Waals surface area contributed by atoms with E-state index < -0.39 is 17.4 Å². The first-order valence-corrected chi connectivity index (χ1v) is 15.5. The van der Waals surface area contributed by atoms with Crippen molar-refractivity contribution in [1.29, 1.82) is 0 Å². The van der Waals surface area contributed by atoms with Gasteiger partial charge in [0, 0.05) is 5.75 Å². The van der Waals surface area contributed by atoms with Crippen LogP contribution in [0.15, 0.2) is 85.9 Å². The molecule has 0 saturated heterocycles. The summed E-state index contributed by atoms with van der Waals surface area (Å²) in [5, 5.41) is 19.0. The van der Waals surface area contributed by atoms with Crippen LogP contribution in [-0.4, -0.2) is 36.5 Å². The number of hydrogen-bond donors (Lipinski definition) is 2. The highest BCUT2D eigenvalue weighted by molar-refractivity contribution is 9.10. The van der Waals surface area contributed by atoms with Crippen molar-refractivity contribution in [3.63, 3.8) is 0 Å². The predicted octanol–water partition coefficient (Wildman–Crippen LogP) is 6.26. The quantitative estimate of drug-likeness (QED) is 0.184. The molecule has 4 rings (SSSR count). The predicted molar refractivity (Wildman–Crippen MR) is 177 cm³/mol. The lowest BCUT2D eigenvalue weighted by atomic mass is 9.87. The molecule has 0 fully saturated rings. The summed E-state index contributed by atoms with van der Waals surface area (Å²) in [5.74, 6) is -2.14. The largest absolute Gasteiger partial charge is 0.474 e. The first-order chi connectivity index (χ1) is 20.5. The number of carbonyl (C=O) groups is 2. The second-order valence-corrected chi connectivity index (χ2v) is 13.8. The summed E-state index contributed by atoms with van der Waals surface area (Å²) in [6.07, 6.45) is 2.88. The maximum absolute atomic E-state index is 12.4. The summed E-state index contributed by atoms with van der Waals surface area (Å²) in [5.41, 5.74) is 2.07. The number of anilines is 1. The van der Waals surface area contributed by atoms with E-state index in [0.717, 1.165) is 15.3 Å². The van der Waals surface area contributed by atoms with Gasteiger partial charge < -0.3 is 10.4 Å². The Kier molecular flexibility index (Phi) is 11.3. The van der Waals surface area contributed by atoms with Crippen LogP contribution in [0.1, 0.15) is 52.7 Å². The number of carboxylic acids is 1. The summed E-state index contributed by atoms with van der Waals surface area (Å²) in [6.45, 7) is 12.4. The van der Waals surface area contributed by atoms with Crippen molar-refractivity contribution < 1.29 is 14.7 Å². The molecule has 10 nitrogen and oxygen atoms in total. The van der Waals surface area contributed by atoms with Gasteiger partial charge in [0.1, 0.15) is 9.50 Å². The lowest BCUT2D eigenvalue weighted by molar-refractivity contribution is -0.147. The zero-order valence-electron chi connectivity index (χ0n) is 25.1. The zero-order chi connectivity index (χ0) is 32.8. The Morgan fingerprint density at radius 1 is 0.932 bits per heavy atom. The van der Waals surface area contributed by atoms with Gasteiger partial charge in [-0.25, -0.2) is 9.48 Å². The number of nitrogens with zero attached hydrogens (tertiary/aromatic N) is 4. The number of hydrogen-bond acceptors (Lipinski definition) is 7. The Hall–Kier alpha value is -3.74. The third kappa shape index (κ3) is 8.90. The Labute approximate surface area is 272 Å². The number of aromatic nitrogens is 4. The van der Waals surface area contributed by atoms with Crippen molar-refractivity contribution in [2.24, 2.45) is 0 Å². The SMILES string of the molecule is CC(C)(C)c1ccc(CSc2cnn(C(C)(C)C)c(=O)c2Cl)cc1.O=C(O)C(=O)Nc1cnn(-c2ccccc2)c(=O)c1Br. The van der Waals surface area contributed by atoms with E-state index in [2.05, 4.69) is 76.5 Å². The van der Waals surface area contributed by atoms with Crippen LogP contribution < -0.4 is 16.4 Å². The van der Waals surface area contributed by atoms with E-state index in [9.17, 15) is 19.2 Å². The minimum atomic E-state index is -1.65. The number of amides is 1. The van der Waals surface area contributed by atoms with E-state index in [1.807, 2.05) is 20.8 Å². The van der Waals surface area contributed by atoms with Gasteiger partial charge in [0.15, 0.2) is 0 Å². The molecule has 0 aliphatic rings. The maximum Gasteiger partial charge on any atom is 0.394 e. The highest BCUT2D eigenvalue weighted by Crippen LogP contribution is 2.29. The van der Waals surface area contributed by atoms with E-state index in [1.54, 1.807) is 36.5 Å². The molecule has 0 aliphatic carbocycles. The van der Waals surface area contributed by atoms with Crippen LogP contribution in [0.3, 0.4) is 0 Å². The van der Waals surface area contributed by atoms with Gasteiger partial charge in [-0.1, -0.05) is 74.8 Å². The van der Waals surface area contributed by atoms with E-state index >= 15 is 0 Å². The van der Waals surface area contributed by atoms with Crippen LogP contribution in [0.2, 0.25) is 5.02 Å². The Morgan fingerprint density at radius 3 is 2.09 bits per heavy atom. The lowest BCUT2D eigenvalue weighted by Crippen LogP contribution is -2.36. The van der Waals surface area contributed by atoms with Crippen molar-refractivity contribution in [1.82, 2.24) is 19.6 Å². The molecule has 13 heteroatoms. The number of benzene rings is 2. The monoisotopic (exact) mass is 701 g/mol. The molecular weight excluding hydrogens is 670 g/mol. The molecule has 232 valence electrons. The number of rotatable bonds is 5. The maximum atomic E-state index is 12.4. The second kappa shape index (κ2) is 14.4. The minimum Gasteiger partial charge on any atom is -0.474 e. The molecule has 0 bridgehead atoms. The minimum absolute atomic E-state index is 0.00502. The molecule has 44 heavy (non-hydrogen) atoms. The van der Waals surface area contributed by atoms with Gasteiger partial charge in [-0.3, -0.25) is 14.4 Å². The van der Waals surface area contributed by atoms with Gasteiger partial charge >= 0.3 is 11.9 Å². The summed E-state index contributed by atoms with van der Waals surface area (Å²) in [4.78, 5) is 46.7. The summed E-state index contributed by atoms with van der Waals surface area (Å²) in [6, 6.07) is 17.3. The van der Waals surface area contributed by atoms with Gasteiger partial charge in [0.25, 0.3) is 11.1 Å². The van der Waals surface area contributed by atoms with Gasteiger partial charge in [-0.2, -0.15) is 14.9 Å².